The van der Waals surface area contributed by atoms with Crippen molar-refractivity contribution in [2.75, 3.05) is 18.5 Å². The Balaban J connectivity index is 1.78. The van der Waals surface area contributed by atoms with Gasteiger partial charge in [0, 0.05) is 30.5 Å². The van der Waals surface area contributed by atoms with Gasteiger partial charge in [-0.15, -0.1) is 0 Å². The Morgan fingerprint density at radius 3 is 2.38 bits per heavy atom. The fraction of sp³-hybridized carbons (Fsp3) is 0.485. The van der Waals surface area contributed by atoms with E-state index in [-0.39, 0.29) is 62.8 Å². The number of carboxylic acids is 1. The van der Waals surface area contributed by atoms with E-state index in [9.17, 15) is 34.2 Å². The van der Waals surface area contributed by atoms with E-state index in [1.165, 1.54) is 46.9 Å². The second-order valence-electron chi connectivity index (χ2n) is 12.8. The Morgan fingerprint density at radius 1 is 1.02 bits per heavy atom. The number of anilines is 1. The van der Waals surface area contributed by atoms with E-state index in [1.54, 1.807) is 26.0 Å². The van der Waals surface area contributed by atoms with Crippen LogP contribution in [0.4, 0.5) is 15.3 Å². The summed E-state index contributed by atoms with van der Waals surface area (Å²) in [5.74, 6) is -1.80. The lowest BCUT2D eigenvalue weighted by molar-refractivity contribution is -0.195. The van der Waals surface area contributed by atoms with Crippen molar-refractivity contribution in [3.05, 3.63) is 58.7 Å². The molecule has 1 heterocycles. The predicted molar refractivity (Wildman–Crippen MR) is 185 cm³/mol. The van der Waals surface area contributed by atoms with E-state index < -0.39 is 51.6 Å². The van der Waals surface area contributed by atoms with Crippen LogP contribution in [-0.4, -0.2) is 81.4 Å². The zero-order chi connectivity index (χ0) is 37.1. The van der Waals surface area contributed by atoms with E-state index in [4.69, 9.17) is 34.2 Å². The third kappa shape index (κ3) is 13.7. The van der Waals surface area contributed by atoms with Crippen LogP contribution in [0.2, 0.25) is 0 Å². The van der Waals surface area contributed by atoms with Gasteiger partial charge >= 0.3 is 16.0 Å². The Labute approximate surface area is 302 Å². The molecule has 50 heavy (non-hydrogen) atoms. The molecule has 2 aromatic carbocycles. The van der Waals surface area contributed by atoms with E-state index in [1.807, 2.05) is 13.8 Å². The fourth-order valence-corrected chi connectivity index (χ4v) is 4.70. The van der Waals surface area contributed by atoms with E-state index in [0.717, 1.165) is 0 Å². The van der Waals surface area contributed by atoms with Gasteiger partial charge in [-0.1, -0.05) is 12.1 Å². The van der Waals surface area contributed by atoms with Crippen LogP contribution >= 0.6 is 22.6 Å². The standard InChI is InChI=1S/C33H42IN3O13/c1-32(2,35)17-48-33(3,4)16-36-28(40)23-10-20(6-8-25(23)49-27-12-22(39)11-26(50-27)29(41)42)14-47-31(44)37-24-7-5-19(13-45-18-38)9-21(24)15-46-30(34)43/h5-10,18,22,26-27,39H,11-17,35H2,1-4H3,(H,36,40)(H,37,44)(H,41,42). The summed E-state index contributed by atoms with van der Waals surface area (Å²) >= 11 is 1.47. The topological polar surface area (TPSA) is 231 Å². The summed E-state index contributed by atoms with van der Waals surface area (Å²) in [6.45, 7) is 7.31. The van der Waals surface area contributed by atoms with Crippen LogP contribution in [0.15, 0.2) is 36.4 Å². The lowest BCUT2D eigenvalue weighted by atomic mass is 10.0. The number of nitrogens with two attached hydrogens (primary N) is 1. The quantitative estimate of drug-likeness (QED) is 0.0663. The molecule has 0 spiro atoms. The molecular weight excluding hydrogens is 773 g/mol. The Bertz CT molecular complexity index is 1530. The SMILES string of the molecule is CC(C)(N)COC(C)(C)CNC(=O)c1cc(COC(=O)Nc2ccc(COC=O)cc2COC(=O)I)ccc1OC1CC(O)CC(C(=O)O)O1. The van der Waals surface area contributed by atoms with Crippen molar-refractivity contribution >= 4 is 56.7 Å². The van der Waals surface area contributed by atoms with Crippen LogP contribution < -0.4 is 21.1 Å². The Kier molecular flexibility index (Phi) is 14.8. The molecule has 6 N–H and O–H groups in total. The number of carboxylic acid groups (broad SMARTS) is 1. The molecule has 0 bridgehead atoms. The van der Waals surface area contributed by atoms with Gasteiger partial charge in [0.2, 0.25) is 6.29 Å². The number of aliphatic carboxylic acids is 1. The highest BCUT2D eigenvalue weighted by Crippen LogP contribution is 2.28. The zero-order valence-corrected chi connectivity index (χ0v) is 30.2. The lowest BCUT2D eigenvalue weighted by Gasteiger charge is -2.32. The van der Waals surface area contributed by atoms with Crippen molar-refractivity contribution in [3.8, 4) is 5.75 Å². The largest absolute Gasteiger partial charge is 0.479 e. The van der Waals surface area contributed by atoms with Gasteiger partial charge in [0.25, 0.3) is 12.4 Å². The zero-order valence-electron chi connectivity index (χ0n) is 28.1. The average molecular weight is 816 g/mol. The molecule has 2 aromatic rings. The Morgan fingerprint density at radius 2 is 1.72 bits per heavy atom. The maximum Gasteiger partial charge on any atom is 0.411 e. The molecule has 3 atom stereocenters. The summed E-state index contributed by atoms with van der Waals surface area (Å²) in [5, 5.41) is 25.0. The number of carbonyl (C=O) groups excluding carboxylic acids is 4. The molecule has 0 radical (unpaired) electrons. The van der Waals surface area contributed by atoms with Gasteiger partial charge in [-0.3, -0.25) is 14.9 Å². The fourth-order valence-electron chi connectivity index (χ4n) is 4.54. The second-order valence-corrected chi connectivity index (χ2v) is 13.7. The molecule has 1 aliphatic heterocycles. The van der Waals surface area contributed by atoms with Crippen LogP contribution in [0, 0.1) is 0 Å². The summed E-state index contributed by atoms with van der Waals surface area (Å²) in [6.07, 6.45) is -4.47. The molecule has 1 aliphatic rings. The molecule has 2 amide bonds. The third-order valence-corrected chi connectivity index (χ3v) is 7.35. The van der Waals surface area contributed by atoms with Crippen molar-refractivity contribution < 1.29 is 62.6 Å². The van der Waals surface area contributed by atoms with Gasteiger partial charge in [-0.2, -0.15) is 0 Å². The number of hydrogen-bond donors (Lipinski definition) is 5. The monoisotopic (exact) mass is 815 g/mol. The van der Waals surface area contributed by atoms with Crippen molar-refractivity contribution in [2.24, 2.45) is 5.73 Å². The molecule has 0 saturated carbocycles. The minimum absolute atomic E-state index is 0.0213. The van der Waals surface area contributed by atoms with Crippen molar-refractivity contribution in [3.63, 3.8) is 0 Å². The van der Waals surface area contributed by atoms with E-state index in [0.29, 0.717) is 23.2 Å². The molecule has 17 heteroatoms. The van der Waals surface area contributed by atoms with Crippen LogP contribution in [0.3, 0.4) is 0 Å². The number of rotatable bonds is 17. The van der Waals surface area contributed by atoms with Gasteiger partial charge in [-0.25, -0.2) is 14.4 Å². The van der Waals surface area contributed by atoms with Gasteiger partial charge in [-0.05, 0) is 63.1 Å². The van der Waals surface area contributed by atoms with Gasteiger partial charge < -0.3 is 49.7 Å². The first-order chi connectivity index (χ1) is 23.4. The summed E-state index contributed by atoms with van der Waals surface area (Å²) in [6, 6.07) is 9.16. The maximum absolute atomic E-state index is 13.5. The molecule has 3 unspecified atom stereocenters. The normalized spacial score (nSPS) is 17.6. The second kappa shape index (κ2) is 18.3. The van der Waals surface area contributed by atoms with Crippen molar-refractivity contribution in [1.29, 1.82) is 0 Å². The third-order valence-electron chi connectivity index (χ3n) is 7.03. The highest BCUT2D eigenvalue weighted by molar-refractivity contribution is 14.1. The number of nitrogens with one attached hydrogen (secondary N) is 2. The minimum atomic E-state index is -1.30. The minimum Gasteiger partial charge on any atom is -0.479 e. The van der Waals surface area contributed by atoms with Crippen LogP contribution in [-0.2, 0) is 53.1 Å². The van der Waals surface area contributed by atoms with Gasteiger partial charge in [0.05, 0.1) is 52.2 Å². The van der Waals surface area contributed by atoms with E-state index in [2.05, 4.69) is 10.6 Å². The molecule has 1 fully saturated rings. The maximum atomic E-state index is 13.5. The number of aliphatic hydroxyl groups is 1. The van der Waals surface area contributed by atoms with Crippen LogP contribution in [0.25, 0.3) is 0 Å². The molecule has 1 saturated heterocycles. The highest BCUT2D eigenvalue weighted by atomic mass is 127. The number of halogens is 1. The summed E-state index contributed by atoms with van der Waals surface area (Å²) in [5.41, 5.74) is 6.34. The van der Waals surface area contributed by atoms with Crippen molar-refractivity contribution in [1.82, 2.24) is 5.32 Å². The smallest absolute Gasteiger partial charge is 0.411 e. The number of hydrogen-bond acceptors (Lipinski definition) is 13. The molecule has 0 aliphatic carbocycles. The number of ether oxygens (including phenoxy) is 6. The summed E-state index contributed by atoms with van der Waals surface area (Å²) < 4.78 is 31.9. The Hall–Kier alpha value is -4.04. The van der Waals surface area contributed by atoms with Crippen molar-refractivity contribution in [2.45, 2.75) is 90.0 Å². The number of benzene rings is 2. The molecule has 16 nitrogen and oxygen atoms in total. The average Bonchev–Trinajstić information content (AvgIpc) is 3.04. The molecule has 3 rings (SSSR count). The molecule has 274 valence electrons. The summed E-state index contributed by atoms with van der Waals surface area (Å²) in [7, 11) is 0. The summed E-state index contributed by atoms with van der Waals surface area (Å²) in [4.78, 5) is 59.8. The van der Waals surface area contributed by atoms with E-state index >= 15 is 0 Å². The number of amides is 2. The van der Waals surface area contributed by atoms with Crippen LogP contribution in [0.1, 0.15) is 67.6 Å². The number of carbonyl (C=O) groups is 5. The number of aliphatic hydroxyl groups excluding tert-OH is 1. The molecule has 0 aromatic heterocycles. The first-order valence-corrected chi connectivity index (χ1v) is 16.5. The van der Waals surface area contributed by atoms with Gasteiger partial charge in [0.15, 0.2) is 6.10 Å². The van der Waals surface area contributed by atoms with Crippen LogP contribution in [0.5, 0.6) is 5.75 Å². The first-order valence-electron chi connectivity index (χ1n) is 15.4. The lowest BCUT2D eigenvalue weighted by Crippen LogP contribution is -2.46. The predicted octanol–water partition coefficient (Wildman–Crippen LogP) is 3.77. The first kappa shape index (κ1) is 40.4. The molecular formula is C33H42IN3O13. The van der Waals surface area contributed by atoms with Gasteiger partial charge in [0.1, 0.15) is 25.6 Å². The highest BCUT2D eigenvalue weighted by Gasteiger charge is 2.35.